The molecule has 2 fully saturated rings. The van der Waals surface area contributed by atoms with Gasteiger partial charge in [0.2, 0.25) is 0 Å². The SMILES string of the molecule is CCNC(=NCC(CC(C)C)N(C)C)N1CCC(OCC2CCCCO2)CC1. The van der Waals surface area contributed by atoms with Crippen LogP contribution in [0.15, 0.2) is 4.99 Å². The van der Waals surface area contributed by atoms with Crippen LogP contribution in [0, 0.1) is 5.92 Å². The predicted molar refractivity (Wildman–Crippen MR) is 117 cm³/mol. The van der Waals surface area contributed by atoms with Crippen molar-refractivity contribution < 1.29 is 9.47 Å². The number of ether oxygens (including phenoxy) is 2. The van der Waals surface area contributed by atoms with Gasteiger partial charge in [-0.3, -0.25) is 4.99 Å². The van der Waals surface area contributed by atoms with Gasteiger partial charge in [0.15, 0.2) is 5.96 Å². The molecule has 164 valence electrons. The summed E-state index contributed by atoms with van der Waals surface area (Å²) in [7, 11) is 4.32. The molecule has 28 heavy (non-hydrogen) atoms. The Hall–Kier alpha value is -0.850. The van der Waals surface area contributed by atoms with Crippen LogP contribution in [-0.2, 0) is 9.47 Å². The standard InChI is InChI=1S/C22H44N4O2/c1-6-23-22(24-16-19(25(4)5)15-18(2)3)26-12-10-20(11-13-26)28-17-21-9-7-8-14-27-21/h18-21H,6-17H2,1-5H3,(H,23,24). The first-order valence-electron chi connectivity index (χ1n) is 11.4. The molecule has 0 bridgehead atoms. The molecule has 6 heteroatoms. The van der Waals surface area contributed by atoms with Crippen molar-refractivity contribution in [3.05, 3.63) is 0 Å². The highest BCUT2D eigenvalue weighted by Gasteiger charge is 2.24. The molecule has 2 aliphatic rings. The number of hydrogen-bond acceptors (Lipinski definition) is 4. The minimum absolute atomic E-state index is 0.314. The average molecular weight is 397 g/mol. The lowest BCUT2D eigenvalue weighted by atomic mass is 10.0. The molecular formula is C22H44N4O2. The van der Waals surface area contributed by atoms with Gasteiger partial charge in [-0.05, 0) is 65.5 Å². The van der Waals surface area contributed by atoms with Crippen LogP contribution in [0.4, 0.5) is 0 Å². The number of piperidine rings is 1. The van der Waals surface area contributed by atoms with Gasteiger partial charge in [0, 0.05) is 32.3 Å². The molecule has 0 aliphatic carbocycles. The van der Waals surface area contributed by atoms with Crippen molar-refractivity contribution in [3.8, 4) is 0 Å². The second-order valence-corrected chi connectivity index (χ2v) is 8.95. The summed E-state index contributed by atoms with van der Waals surface area (Å²) in [5.41, 5.74) is 0. The van der Waals surface area contributed by atoms with E-state index < -0.39 is 0 Å². The van der Waals surface area contributed by atoms with E-state index in [4.69, 9.17) is 14.5 Å². The maximum Gasteiger partial charge on any atom is 0.193 e. The van der Waals surface area contributed by atoms with Crippen molar-refractivity contribution in [2.45, 2.75) is 77.5 Å². The van der Waals surface area contributed by atoms with Crippen LogP contribution in [0.25, 0.3) is 0 Å². The van der Waals surface area contributed by atoms with E-state index in [0.29, 0.717) is 24.2 Å². The zero-order chi connectivity index (χ0) is 20.4. The van der Waals surface area contributed by atoms with Gasteiger partial charge in [-0.15, -0.1) is 0 Å². The maximum absolute atomic E-state index is 6.17. The number of hydrogen-bond donors (Lipinski definition) is 1. The molecule has 0 radical (unpaired) electrons. The van der Waals surface area contributed by atoms with Crippen molar-refractivity contribution in [1.82, 2.24) is 15.1 Å². The first-order valence-corrected chi connectivity index (χ1v) is 11.4. The molecule has 2 aliphatic heterocycles. The minimum Gasteiger partial charge on any atom is -0.376 e. The summed E-state index contributed by atoms with van der Waals surface area (Å²) in [6.07, 6.45) is 7.62. The van der Waals surface area contributed by atoms with Crippen molar-refractivity contribution in [1.29, 1.82) is 0 Å². The monoisotopic (exact) mass is 396 g/mol. The lowest BCUT2D eigenvalue weighted by Crippen LogP contribution is -2.48. The van der Waals surface area contributed by atoms with E-state index >= 15 is 0 Å². The van der Waals surface area contributed by atoms with E-state index in [9.17, 15) is 0 Å². The summed E-state index contributed by atoms with van der Waals surface area (Å²) in [6, 6.07) is 0.491. The summed E-state index contributed by atoms with van der Waals surface area (Å²) in [5, 5.41) is 3.50. The average Bonchev–Trinajstić information content (AvgIpc) is 2.69. The van der Waals surface area contributed by atoms with Crippen LogP contribution < -0.4 is 5.32 Å². The van der Waals surface area contributed by atoms with Crippen molar-refractivity contribution >= 4 is 5.96 Å². The second kappa shape index (κ2) is 12.7. The first kappa shape index (κ1) is 23.4. The Bertz CT molecular complexity index is 442. The number of rotatable bonds is 9. The van der Waals surface area contributed by atoms with Crippen molar-refractivity contribution in [2.75, 3.05) is 53.5 Å². The molecule has 0 aromatic rings. The highest BCUT2D eigenvalue weighted by molar-refractivity contribution is 5.80. The summed E-state index contributed by atoms with van der Waals surface area (Å²) in [6.45, 7) is 12.2. The smallest absolute Gasteiger partial charge is 0.193 e. The number of likely N-dealkylation sites (tertiary alicyclic amines) is 1. The van der Waals surface area contributed by atoms with Gasteiger partial charge < -0.3 is 24.6 Å². The number of likely N-dealkylation sites (N-methyl/N-ethyl adjacent to an activating group) is 1. The maximum atomic E-state index is 6.17. The zero-order valence-corrected chi connectivity index (χ0v) is 19.0. The molecular weight excluding hydrogens is 352 g/mol. The fraction of sp³-hybridized carbons (Fsp3) is 0.955. The van der Waals surface area contributed by atoms with Gasteiger partial charge in [0.05, 0.1) is 25.4 Å². The second-order valence-electron chi connectivity index (χ2n) is 8.95. The third kappa shape index (κ3) is 8.26. The highest BCUT2D eigenvalue weighted by atomic mass is 16.5. The Labute approximate surface area is 173 Å². The Kier molecular flexibility index (Phi) is 10.6. The number of guanidine groups is 1. The zero-order valence-electron chi connectivity index (χ0n) is 19.0. The van der Waals surface area contributed by atoms with E-state index in [2.05, 4.69) is 50.0 Å². The van der Waals surface area contributed by atoms with E-state index in [-0.39, 0.29) is 0 Å². The number of nitrogens with zero attached hydrogens (tertiary/aromatic N) is 3. The van der Waals surface area contributed by atoms with E-state index in [1.165, 1.54) is 19.3 Å². The van der Waals surface area contributed by atoms with Gasteiger partial charge in [-0.25, -0.2) is 0 Å². The van der Waals surface area contributed by atoms with Gasteiger partial charge in [-0.2, -0.15) is 0 Å². The predicted octanol–water partition coefficient (Wildman–Crippen LogP) is 2.98. The van der Waals surface area contributed by atoms with Gasteiger partial charge >= 0.3 is 0 Å². The fourth-order valence-electron chi connectivity index (χ4n) is 4.03. The topological polar surface area (TPSA) is 49.3 Å². The normalized spacial score (nSPS) is 23.5. The Morgan fingerprint density at radius 3 is 2.54 bits per heavy atom. The molecule has 0 aromatic carbocycles. The van der Waals surface area contributed by atoms with E-state index in [0.717, 1.165) is 64.6 Å². The minimum atomic E-state index is 0.314. The number of nitrogens with one attached hydrogen (secondary N) is 1. The molecule has 2 heterocycles. The number of aliphatic imine (C=N–C) groups is 1. The summed E-state index contributed by atoms with van der Waals surface area (Å²) in [5.74, 6) is 1.75. The van der Waals surface area contributed by atoms with Crippen LogP contribution in [0.2, 0.25) is 0 Å². The van der Waals surface area contributed by atoms with Crippen molar-refractivity contribution in [2.24, 2.45) is 10.9 Å². The van der Waals surface area contributed by atoms with Gasteiger partial charge in [0.25, 0.3) is 0 Å². The van der Waals surface area contributed by atoms with Crippen molar-refractivity contribution in [3.63, 3.8) is 0 Å². The Morgan fingerprint density at radius 1 is 1.21 bits per heavy atom. The van der Waals surface area contributed by atoms with Crippen LogP contribution in [0.1, 0.15) is 59.3 Å². The highest BCUT2D eigenvalue weighted by Crippen LogP contribution is 2.18. The Balaban J connectivity index is 1.80. The lowest BCUT2D eigenvalue weighted by molar-refractivity contribution is -0.0721. The van der Waals surface area contributed by atoms with Gasteiger partial charge in [0.1, 0.15) is 0 Å². The van der Waals surface area contributed by atoms with E-state index in [1.54, 1.807) is 0 Å². The molecule has 0 spiro atoms. The largest absolute Gasteiger partial charge is 0.376 e. The molecule has 2 unspecified atom stereocenters. The van der Waals surface area contributed by atoms with Gasteiger partial charge in [-0.1, -0.05) is 13.8 Å². The van der Waals surface area contributed by atoms with Crippen LogP contribution >= 0.6 is 0 Å². The molecule has 6 nitrogen and oxygen atoms in total. The van der Waals surface area contributed by atoms with E-state index in [1.807, 2.05) is 0 Å². The Morgan fingerprint density at radius 2 is 1.96 bits per heavy atom. The first-order chi connectivity index (χ1) is 13.5. The van der Waals surface area contributed by atoms with Crippen LogP contribution in [-0.4, -0.2) is 87.5 Å². The van der Waals surface area contributed by atoms with Crippen LogP contribution in [0.3, 0.4) is 0 Å². The molecule has 1 N–H and O–H groups in total. The summed E-state index contributed by atoms with van der Waals surface area (Å²) < 4.78 is 12.0. The molecule has 2 saturated heterocycles. The third-order valence-corrected chi connectivity index (χ3v) is 5.79. The fourth-order valence-corrected chi connectivity index (χ4v) is 4.03. The summed E-state index contributed by atoms with van der Waals surface area (Å²) >= 11 is 0. The summed E-state index contributed by atoms with van der Waals surface area (Å²) in [4.78, 5) is 9.70. The molecule has 0 aromatic heterocycles. The molecule has 2 rings (SSSR count). The molecule has 0 amide bonds. The molecule has 0 saturated carbocycles. The quantitative estimate of drug-likeness (QED) is 0.480. The van der Waals surface area contributed by atoms with Crippen LogP contribution in [0.5, 0.6) is 0 Å². The third-order valence-electron chi connectivity index (χ3n) is 5.79. The lowest BCUT2D eigenvalue weighted by Gasteiger charge is -2.35. The molecule has 2 atom stereocenters.